The Bertz CT molecular complexity index is 425. The van der Waals surface area contributed by atoms with Gasteiger partial charge in [0.15, 0.2) is 0 Å². The Hall–Kier alpha value is -0.850. The van der Waals surface area contributed by atoms with Gasteiger partial charge in [-0.3, -0.25) is 4.79 Å². The third kappa shape index (κ3) is 3.31. The van der Waals surface area contributed by atoms with Gasteiger partial charge in [0.25, 0.3) is 0 Å². The van der Waals surface area contributed by atoms with Gasteiger partial charge in [-0.2, -0.15) is 0 Å². The molecule has 1 aromatic rings. The second-order valence-electron chi connectivity index (χ2n) is 4.14. The lowest BCUT2D eigenvalue weighted by atomic mass is 10.1. The van der Waals surface area contributed by atoms with Crippen LogP contribution in [0.3, 0.4) is 0 Å². The topological polar surface area (TPSA) is 41.1 Å². The van der Waals surface area contributed by atoms with Crippen LogP contribution in [0.1, 0.15) is 19.3 Å². The van der Waals surface area contributed by atoms with Gasteiger partial charge in [0, 0.05) is 19.0 Å². The van der Waals surface area contributed by atoms with E-state index in [1.165, 1.54) is 6.07 Å². The van der Waals surface area contributed by atoms with E-state index in [1.807, 2.05) is 28.7 Å². The standard InChI is InChI=1S/C12H14FIN2O/c13-9-4-1-5-10(12(9)14)16-8-3-2-6-15-11(17)7-8/h1,4-5,8,16H,2-3,6-7H2,(H,15,17). The molecular weight excluding hydrogens is 334 g/mol. The molecule has 0 aromatic heterocycles. The second kappa shape index (κ2) is 5.66. The van der Waals surface area contributed by atoms with Gasteiger partial charge >= 0.3 is 0 Å². The summed E-state index contributed by atoms with van der Waals surface area (Å²) in [6, 6.07) is 5.05. The second-order valence-corrected chi connectivity index (χ2v) is 5.22. The van der Waals surface area contributed by atoms with Crippen molar-refractivity contribution in [1.82, 2.24) is 5.32 Å². The number of carbonyl (C=O) groups is 1. The maximum atomic E-state index is 13.4. The number of anilines is 1. The summed E-state index contributed by atoms with van der Waals surface area (Å²) in [4.78, 5) is 11.4. The highest BCUT2D eigenvalue weighted by molar-refractivity contribution is 14.1. The Morgan fingerprint density at radius 1 is 1.47 bits per heavy atom. The summed E-state index contributed by atoms with van der Waals surface area (Å²) in [7, 11) is 0. The number of hydrogen-bond donors (Lipinski definition) is 2. The molecule has 1 atom stereocenters. The van der Waals surface area contributed by atoms with Crippen LogP contribution in [0, 0.1) is 9.39 Å². The molecule has 2 rings (SSSR count). The fourth-order valence-corrected chi connectivity index (χ4v) is 2.45. The van der Waals surface area contributed by atoms with Gasteiger partial charge in [0.05, 0.1) is 9.26 Å². The zero-order valence-corrected chi connectivity index (χ0v) is 11.5. The molecule has 0 spiro atoms. The highest BCUT2D eigenvalue weighted by Crippen LogP contribution is 2.23. The maximum absolute atomic E-state index is 13.4. The normalized spacial score (nSPS) is 20.6. The van der Waals surface area contributed by atoms with Crippen LogP contribution in [0.5, 0.6) is 0 Å². The van der Waals surface area contributed by atoms with E-state index in [2.05, 4.69) is 10.6 Å². The first kappa shape index (κ1) is 12.6. The van der Waals surface area contributed by atoms with Crippen molar-refractivity contribution in [2.24, 2.45) is 0 Å². The van der Waals surface area contributed by atoms with E-state index >= 15 is 0 Å². The molecular formula is C12H14FIN2O. The van der Waals surface area contributed by atoms with Crippen molar-refractivity contribution in [1.29, 1.82) is 0 Å². The molecule has 0 radical (unpaired) electrons. The minimum absolute atomic E-state index is 0.0615. The smallest absolute Gasteiger partial charge is 0.222 e. The lowest BCUT2D eigenvalue weighted by molar-refractivity contribution is -0.120. The Kier molecular flexibility index (Phi) is 4.20. The molecule has 3 nitrogen and oxygen atoms in total. The number of nitrogens with one attached hydrogen (secondary N) is 2. The zero-order valence-electron chi connectivity index (χ0n) is 9.30. The number of carbonyl (C=O) groups excluding carboxylic acids is 1. The van der Waals surface area contributed by atoms with Gasteiger partial charge in [0.1, 0.15) is 5.82 Å². The Balaban J connectivity index is 2.09. The van der Waals surface area contributed by atoms with Crippen LogP contribution in [0.2, 0.25) is 0 Å². The Labute approximate surface area is 113 Å². The lowest BCUT2D eigenvalue weighted by Crippen LogP contribution is -2.27. The van der Waals surface area contributed by atoms with Crippen molar-refractivity contribution in [3.8, 4) is 0 Å². The summed E-state index contributed by atoms with van der Waals surface area (Å²) in [6.45, 7) is 0.733. The minimum atomic E-state index is -0.228. The van der Waals surface area contributed by atoms with Crippen molar-refractivity contribution >= 4 is 34.2 Å². The maximum Gasteiger partial charge on any atom is 0.222 e. The molecule has 1 aromatic carbocycles. The summed E-state index contributed by atoms with van der Waals surface area (Å²) in [6.07, 6.45) is 2.33. The van der Waals surface area contributed by atoms with Crippen molar-refractivity contribution in [2.75, 3.05) is 11.9 Å². The van der Waals surface area contributed by atoms with Crippen LogP contribution < -0.4 is 10.6 Å². The predicted molar refractivity (Wildman–Crippen MR) is 73.4 cm³/mol. The molecule has 0 aliphatic carbocycles. The number of amides is 1. The molecule has 0 bridgehead atoms. The highest BCUT2D eigenvalue weighted by Gasteiger charge is 2.18. The van der Waals surface area contributed by atoms with Gasteiger partial charge in [0.2, 0.25) is 5.91 Å². The molecule has 1 aliphatic rings. The van der Waals surface area contributed by atoms with Crippen molar-refractivity contribution in [2.45, 2.75) is 25.3 Å². The number of halogens is 2. The SMILES string of the molecule is O=C1CC(Nc2cccc(F)c2I)CCCN1. The molecule has 17 heavy (non-hydrogen) atoms. The van der Waals surface area contributed by atoms with Gasteiger partial charge in [-0.05, 0) is 47.6 Å². The molecule has 1 aliphatic heterocycles. The van der Waals surface area contributed by atoms with E-state index in [1.54, 1.807) is 6.07 Å². The van der Waals surface area contributed by atoms with Crippen LogP contribution in [0.25, 0.3) is 0 Å². The largest absolute Gasteiger partial charge is 0.381 e. The van der Waals surface area contributed by atoms with E-state index in [0.29, 0.717) is 9.99 Å². The van der Waals surface area contributed by atoms with E-state index in [-0.39, 0.29) is 17.8 Å². The van der Waals surface area contributed by atoms with Crippen LogP contribution in [-0.2, 0) is 4.79 Å². The molecule has 1 fully saturated rings. The molecule has 1 heterocycles. The quantitative estimate of drug-likeness (QED) is 0.807. The van der Waals surface area contributed by atoms with Gasteiger partial charge in [-0.15, -0.1) is 0 Å². The average Bonchev–Trinajstić information content (AvgIpc) is 2.49. The summed E-state index contributed by atoms with van der Waals surface area (Å²) in [5.74, 6) is -0.167. The summed E-state index contributed by atoms with van der Waals surface area (Å²) in [5.41, 5.74) is 0.769. The predicted octanol–water partition coefficient (Wildman–Crippen LogP) is 2.51. The fraction of sp³-hybridized carbons (Fsp3) is 0.417. The molecule has 5 heteroatoms. The highest BCUT2D eigenvalue weighted by atomic mass is 127. The zero-order chi connectivity index (χ0) is 12.3. The van der Waals surface area contributed by atoms with Crippen LogP contribution >= 0.6 is 22.6 Å². The van der Waals surface area contributed by atoms with E-state index in [9.17, 15) is 9.18 Å². The minimum Gasteiger partial charge on any atom is -0.381 e. The number of hydrogen-bond acceptors (Lipinski definition) is 2. The van der Waals surface area contributed by atoms with Crippen molar-refractivity contribution < 1.29 is 9.18 Å². The third-order valence-corrected chi connectivity index (χ3v) is 3.89. The van der Waals surface area contributed by atoms with E-state index < -0.39 is 0 Å². The van der Waals surface area contributed by atoms with Gasteiger partial charge in [-0.25, -0.2) is 4.39 Å². The Morgan fingerprint density at radius 3 is 3.12 bits per heavy atom. The Morgan fingerprint density at radius 2 is 2.29 bits per heavy atom. The molecule has 1 saturated heterocycles. The third-order valence-electron chi connectivity index (χ3n) is 2.79. The summed E-state index contributed by atoms with van der Waals surface area (Å²) >= 11 is 1.98. The molecule has 1 amide bonds. The molecule has 92 valence electrons. The van der Waals surface area contributed by atoms with E-state index in [4.69, 9.17) is 0 Å². The molecule has 1 unspecified atom stereocenters. The lowest BCUT2D eigenvalue weighted by Gasteiger charge is -2.17. The van der Waals surface area contributed by atoms with Crippen molar-refractivity contribution in [3.63, 3.8) is 0 Å². The number of benzene rings is 1. The molecule has 2 N–H and O–H groups in total. The first-order valence-corrected chi connectivity index (χ1v) is 6.72. The average molecular weight is 348 g/mol. The van der Waals surface area contributed by atoms with Gasteiger partial charge < -0.3 is 10.6 Å². The van der Waals surface area contributed by atoms with Crippen LogP contribution in [0.4, 0.5) is 10.1 Å². The van der Waals surface area contributed by atoms with Crippen LogP contribution in [-0.4, -0.2) is 18.5 Å². The first-order valence-electron chi connectivity index (χ1n) is 5.64. The van der Waals surface area contributed by atoms with Crippen LogP contribution in [0.15, 0.2) is 18.2 Å². The first-order chi connectivity index (χ1) is 8.16. The van der Waals surface area contributed by atoms with Gasteiger partial charge in [-0.1, -0.05) is 6.07 Å². The monoisotopic (exact) mass is 348 g/mol. The fourth-order valence-electron chi connectivity index (χ4n) is 1.93. The molecule has 0 saturated carbocycles. The number of rotatable bonds is 2. The van der Waals surface area contributed by atoms with Crippen molar-refractivity contribution in [3.05, 3.63) is 27.6 Å². The summed E-state index contributed by atoms with van der Waals surface area (Å²) < 4.78 is 13.9. The van der Waals surface area contributed by atoms with E-state index in [0.717, 1.165) is 25.1 Å². The summed E-state index contributed by atoms with van der Waals surface area (Å²) in [5, 5.41) is 6.08.